The topological polar surface area (TPSA) is 33.7 Å². The summed E-state index contributed by atoms with van der Waals surface area (Å²) in [4.78, 5) is 0. The van der Waals surface area contributed by atoms with Gasteiger partial charge in [0.1, 0.15) is 0 Å². The zero-order chi connectivity index (χ0) is 9.97. The predicted molar refractivity (Wildman–Crippen MR) is 54.8 cm³/mol. The van der Waals surface area contributed by atoms with Crippen LogP contribution in [0.1, 0.15) is 5.56 Å². The molecule has 1 aromatic carbocycles. The first-order valence-electron chi connectivity index (χ1n) is 4.57. The van der Waals surface area contributed by atoms with Crippen LogP contribution in [0.5, 0.6) is 0 Å². The Bertz CT molecular complexity index is 465. The smallest absolute Gasteiger partial charge is 0.202 e. The van der Waals surface area contributed by atoms with Gasteiger partial charge in [0.15, 0.2) is 0 Å². The Morgan fingerprint density at radius 1 is 1.14 bits per heavy atom. The molecular weight excluding hydrogens is 174 g/mol. The van der Waals surface area contributed by atoms with Crippen LogP contribution >= 0.6 is 0 Å². The van der Waals surface area contributed by atoms with Crippen LogP contribution in [0.15, 0.2) is 42.7 Å². The molecule has 3 nitrogen and oxygen atoms in total. The van der Waals surface area contributed by atoms with Crippen molar-refractivity contribution in [1.29, 1.82) is 5.41 Å². The summed E-state index contributed by atoms with van der Waals surface area (Å²) >= 11 is 0. The highest BCUT2D eigenvalue weighted by atomic mass is 15.1. The third-order valence-electron chi connectivity index (χ3n) is 2.27. The number of nitrogens with zero attached hydrogens (tertiary/aromatic N) is 2. The lowest BCUT2D eigenvalue weighted by Gasteiger charge is -2.01. The third kappa shape index (κ3) is 1.62. The summed E-state index contributed by atoms with van der Waals surface area (Å²) in [5, 5.41) is 7.75. The molecule has 0 saturated carbocycles. The number of hydrogen-bond donors (Lipinski definition) is 1. The minimum Gasteiger partial charge on any atom is -0.321 e. The Kier molecular flexibility index (Phi) is 2.23. The average Bonchev–Trinajstić information content (AvgIpc) is 2.52. The lowest BCUT2D eigenvalue weighted by atomic mass is 10.2. The molecule has 0 saturated heterocycles. The molecule has 72 valence electrons. The van der Waals surface area contributed by atoms with Gasteiger partial charge in [-0.3, -0.25) is 5.41 Å². The lowest BCUT2D eigenvalue weighted by Crippen LogP contribution is -2.22. The van der Waals surface area contributed by atoms with E-state index in [2.05, 4.69) is 12.1 Å². The number of nitrogens with one attached hydrogen (secondary N) is 1. The molecule has 0 atom stereocenters. The van der Waals surface area contributed by atoms with E-state index in [0.29, 0.717) is 5.62 Å². The van der Waals surface area contributed by atoms with E-state index in [1.54, 1.807) is 4.57 Å². The Labute approximate surface area is 82.8 Å². The summed E-state index contributed by atoms with van der Waals surface area (Å²) in [6.07, 6.45) is 3.82. The molecule has 14 heavy (non-hydrogen) atoms. The van der Waals surface area contributed by atoms with Crippen LogP contribution in [0.4, 0.5) is 0 Å². The van der Waals surface area contributed by atoms with Gasteiger partial charge in [0, 0.05) is 19.4 Å². The fraction of sp³-hybridized carbons (Fsp3) is 0.182. The van der Waals surface area contributed by atoms with Gasteiger partial charge in [0.05, 0.1) is 6.54 Å². The summed E-state index contributed by atoms with van der Waals surface area (Å²) in [5.74, 6) is 0. The maximum Gasteiger partial charge on any atom is 0.202 e. The maximum absolute atomic E-state index is 7.75. The molecule has 2 rings (SSSR count). The zero-order valence-corrected chi connectivity index (χ0v) is 8.14. The van der Waals surface area contributed by atoms with Crippen molar-refractivity contribution in [3.63, 3.8) is 0 Å². The van der Waals surface area contributed by atoms with E-state index in [-0.39, 0.29) is 0 Å². The van der Waals surface area contributed by atoms with E-state index in [1.807, 2.05) is 42.2 Å². The fourth-order valence-corrected chi connectivity index (χ4v) is 1.43. The van der Waals surface area contributed by atoms with Crippen molar-refractivity contribution in [2.75, 3.05) is 0 Å². The van der Waals surface area contributed by atoms with E-state index < -0.39 is 0 Å². The van der Waals surface area contributed by atoms with Crippen molar-refractivity contribution in [3.05, 3.63) is 53.9 Å². The molecular formula is C11H13N3. The van der Waals surface area contributed by atoms with Gasteiger partial charge in [0.2, 0.25) is 5.62 Å². The standard InChI is InChI=1S/C11H13N3/c1-13-7-8-14(11(13)12)9-10-5-3-2-4-6-10/h2-8,12H,9H2,1H3. The van der Waals surface area contributed by atoms with Crippen molar-refractivity contribution < 1.29 is 0 Å². The first-order valence-corrected chi connectivity index (χ1v) is 4.57. The second-order valence-electron chi connectivity index (χ2n) is 3.35. The SMILES string of the molecule is Cn1ccn(Cc2ccccc2)c1=N. The minimum absolute atomic E-state index is 0.522. The molecule has 0 amide bonds. The number of aryl methyl sites for hydroxylation is 1. The van der Waals surface area contributed by atoms with Gasteiger partial charge in [-0.05, 0) is 5.56 Å². The Morgan fingerprint density at radius 2 is 1.86 bits per heavy atom. The second-order valence-corrected chi connectivity index (χ2v) is 3.35. The first-order chi connectivity index (χ1) is 6.77. The quantitative estimate of drug-likeness (QED) is 0.736. The van der Waals surface area contributed by atoms with E-state index in [1.165, 1.54) is 5.56 Å². The number of aromatic nitrogens is 2. The van der Waals surface area contributed by atoms with Gasteiger partial charge >= 0.3 is 0 Å². The second kappa shape index (κ2) is 3.54. The highest BCUT2D eigenvalue weighted by molar-refractivity contribution is 5.14. The van der Waals surface area contributed by atoms with Gasteiger partial charge < -0.3 is 9.13 Å². The van der Waals surface area contributed by atoms with Gasteiger partial charge in [-0.2, -0.15) is 0 Å². The normalized spacial score (nSPS) is 10.4. The van der Waals surface area contributed by atoms with Crippen molar-refractivity contribution in [1.82, 2.24) is 9.13 Å². The van der Waals surface area contributed by atoms with Crippen LogP contribution in [-0.4, -0.2) is 9.13 Å². The van der Waals surface area contributed by atoms with Crippen LogP contribution in [0.2, 0.25) is 0 Å². The van der Waals surface area contributed by atoms with E-state index in [9.17, 15) is 0 Å². The number of rotatable bonds is 2. The summed E-state index contributed by atoms with van der Waals surface area (Å²) in [6.45, 7) is 0.764. The van der Waals surface area contributed by atoms with Gasteiger partial charge in [-0.15, -0.1) is 0 Å². The summed E-state index contributed by atoms with van der Waals surface area (Å²) in [7, 11) is 1.88. The van der Waals surface area contributed by atoms with E-state index >= 15 is 0 Å². The molecule has 0 aliphatic carbocycles. The number of imidazole rings is 1. The Balaban J connectivity index is 2.28. The maximum atomic E-state index is 7.75. The zero-order valence-electron chi connectivity index (χ0n) is 8.14. The fourth-order valence-electron chi connectivity index (χ4n) is 1.43. The average molecular weight is 187 g/mol. The van der Waals surface area contributed by atoms with Crippen molar-refractivity contribution in [2.24, 2.45) is 7.05 Å². The van der Waals surface area contributed by atoms with Crippen LogP contribution in [0.3, 0.4) is 0 Å². The van der Waals surface area contributed by atoms with Crippen LogP contribution < -0.4 is 5.62 Å². The van der Waals surface area contributed by atoms with E-state index in [4.69, 9.17) is 5.41 Å². The molecule has 0 spiro atoms. The van der Waals surface area contributed by atoms with E-state index in [0.717, 1.165) is 6.54 Å². The van der Waals surface area contributed by atoms with Crippen LogP contribution in [0.25, 0.3) is 0 Å². The molecule has 3 heteroatoms. The molecule has 0 aliphatic rings. The largest absolute Gasteiger partial charge is 0.321 e. The highest BCUT2D eigenvalue weighted by Gasteiger charge is 1.96. The molecule has 1 aromatic heterocycles. The Hall–Kier alpha value is -1.77. The van der Waals surface area contributed by atoms with Gasteiger partial charge in [0.25, 0.3) is 0 Å². The van der Waals surface area contributed by atoms with Crippen LogP contribution in [-0.2, 0) is 13.6 Å². The molecule has 2 aromatic rings. The molecule has 0 fully saturated rings. The number of hydrogen-bond acceptors (Lipinski definition) is 1. The summed E-state index contributed by atoms with van der Waals surface area (Å²) in [5.41, 5.74) is 1.74. The lowest BCUT2D eigenvalue weighted by molar-refractivity contribution is 0.679. The highest BCUT2D eigenvalue weighted by Crippen LogP contribution is 1.99. The third-order valence-corrected chi connectivity index (χ3v) is 2.27. The van der Waals surface area contributed by atoms with Crippen LogP contribution in [0, 0.1) is 5.41 Å². The van der Waals surface area contributed by atoms with Crippen molar-refractivity contribution in [3.8, 4) is 0 Å². The number of benzene rings is 1. The molecule has 0 aliphatic heterocycles. The molecule has 1 N–H and O–H groups in total. The van der Waals surface area contributed by atoms with Crippen molar-refractivity contribution >= 4 is 0 Å². The molecule has 0 radical (unpaired) electrons. The monoisotopic (exact) mass is 187 g/mol. The Morgan fingerprint density at radius 3 is 2.43 bits per heavy atom. The van der Waals surface area contributed by atoms with Crippen molar-refractivity contribution in [2.45, 2.75) is 6.54 Å². The van der Waals surface area contributed by atoms with Gasteiger partial charge in [-0.1, -0.05) is 30.3 Å². The predicted octanol–water partition coefficient (Wildman–Crippen LogP) is 1.35. The molecule has 0 unspecified atom stereocenters. The summed E-state index contributed by atoms with van der Waals surface area (Å²) in [6, 6.07) is 10.2. The minimum atomic E-state index is 0.522. The van der Waals surface area contributed by atoms with Gasteiger partial charge in [-0.25, -0.2) is 0 Å². The summed E-state index contributed by atoms with van der Waals surface area (Å²) < 4.78 is 3.71. The molecule has 0 bridgehead atoms. The first kappa shape index (κ1) is 8.81. The molecule has 1 heterocycles.